The smallest absolute Gasteiger partial charge is 0.131 e. The van der Waals surface area contributed by atoms with E-state index >= 15 is 0 Å². The molecule has 0 bridgehead atoms. The van der Waals surface area contributed by atoms with Gasteiger partial charge in [0, 0.05) is 6.07 Å². The molecule has 0 unspecified atom stereocenters. The van der Waals surface area contributed by atoms with Gasteiger partial charge in [0.1, 0.15) is 17.2 Å². The maximum absolute atomic E-state index is 5.83. The van der Waals surface area contributed by atoms with E-state index in [9.17, 15) is 0 Å². The average molecular weight is 276 g/mol. The van der Waals surface area contributed by atoms with Crippen LogP contribution < -0.4 is 9.47 Å². The van der Waals surface area contributed by atoms with Crippen molar-refractivity contribution in [3.8, 4) is 28.4 Å². The van der Waals surface area contributed by atoms with Crippen molar-refractivity contribution in [1.29, 1.82) is 0 Å². The second-order valence-corrected chi connectivity index (χ2v) is 4.67. The first kappa shape index (κ1) is 13.3. The van der Waals surface area contributed by atoms with Gasteiger partial charge in [0.05, 0.1) is 7.11 Å². The largest absolute Gasteiger partial charge is 0.497 e. The Balaban J connectivity index is 1.78. The molecule has 0 N–H and O–H groups in total. The van der Waals surface area contributed by atoms with Gasteiger partial charge in [0.2, 0.25) is 0 Å². The SMILES string of the molecule is COc1cccc(Oc2ccc(-c3ccccc3)cc2)c1. The van der Waals surface area contributed by atoms with Crippen LogP contribution in [0.1, 0.15) is 0 Å². The van der Waals surface area contributed by atoms with Gasteiger partial charge in [0.15, 0.2) is 0 Å². The van der Waals surface area contributed by atoms with Crippen LogP contribution in [0.4, 0.5) is 0 Å². The lowest BCUT2D eigenvalue weighted by Crippen LogP contribution is -1.86. The highest BCUT2D eigenvalue weighted by Gasteiger charge is 2.01. The van der Waals surface area contributed by atoms with Crippen LogP contribution in [0.5, 0.6) is 17.2 Å². The van der Waals surface area contributed by atoms with E-state index in [1.54, 1.807) is 7.11 Å². The number of methoxy groups -OCH3 is 1. The van der Waals surface area contributed by atoms with Gasteiger partial charge in [0.25, 0.3) is 0 Å². The molecule has 0 aromatic heterocycles. The number of hydrogen-bond donors (Lipinski definition) is 0. The monoisotopic (exact) mass is 276 g/mol. The average Bonchev–Trinajstić information content (AvgIpc) is 2.56. The normalized spacial score (nSPS) is 10.1. The molecule has 0 radical (unpaired) electrons. The molecule has 0 amide bonds. The predicted molar refractivity (Wildman–Crippen MR) is 84.9 cm³/mol. The van der Waals surface area contributed by atoms with E-state index in [0.29, 0.717) is 0 Å². The van der Waals surface area contributed by atoms with Gasteiger partial charge in [-0.15, -0.1) is 0 Å². The zero-order chi connectivity index (χ0) is 14.5. The van der Waals surface area contributed by atoms with E-state index in [1.807, 2.05) is 54.6 Å². The van der Waals surface area contributed by atoms with E-state index in [-0.39, 0.29) is 0 Å². The summed E-state index contributed by atoms with van der Waals surface area (Å²) >= 11 is 0. The lowest BCUT2D eigenvalue weighted by Gasteiger charge is -2.08. The predicted octanol–water partition coefficient (Wildman–Crippen LogP) is 5.15. The van der Waals surface area contributed by atoms with Crippen molar-refractivity contribution >= 4 is 0 Å². The van der Waals surface area contributed by atoms with E-state index in [1.165, 1.54) is 11.1 Å². The number of benzene rings is 3. The molecule has 0 saturated carbocycles. The Morgan fingerprint density at radius 3 is 1.95 bits per heavy atom. The highest BCUT2D eigenvalue weighted by Crippen LogP contribution is 2.27. The molecule has 0 spiro atoms. The zero-order valence-corrected chi connectivity index (χ0v) is 11.8. The number of ether oxygens (including phenoxy) is 2. The lowest BCUT2D eigenvalue weighted by molar-refractivity contribution is 0.409. The van der Waals surface area contributed by atoms with E-state index in [4.69, 9.17) is 9.47 Å². The molecule has 0 aliphatic carbocycles. The van der Waals surface area contributed by atoms with Crippen LogP contribution in [0.3, 0.4) is 0 Å². The van der Waals surface area contributed by atoms with E-state index in [2.05, 4.69) is 24.3 Å². The van der Waals surface area contributed by atoms with Crippen LogP contribution in [0, 0.1) is 0 Å². The van der Waals surface area contributed by atoms with E-state index in [0.717, 1.165) is 17.2 Å². The molecule has 3 aromatic carbocycles. The Labute approximate surface area is 124 Å². The number of rotatable bonds is 4. The summed E-state index contributed by atoms with van der Waals surface area (Å²) in [5.74, 6) is 2.36. The van der Waals surface area contributed by atoms with Gasteiger partial charge in [-0.3, -0.25) is 0 Å². The number of hydrogen-bond acceptors (Lipinski definition) is 2. The maximum Gasteiger partial charge on any atom is 0.131 e. The molecule has 0 aliphatic rings. The molecule has 3 rings (SSSR count). The van der Waals surface area contributed by atoms with Gasteiger partial charge in [-0.25, -0.2) is 0 Å². The van der Waals surface area contributed by atoms with Crippen LogP contribution in [0.15, 0.2) is 78.9 Å². The quantitative estimate of drug-likeness (QED) is 0.655. The summed E-state index contributed by atoms with van der Waals surface area (Å²) < 4.78 is 11.0. The van der Waals surface area contributed by atoms with Crippen LogP contribution in [-0.2, 0) is 0 Å². The minimum Gasteiger partial charge on any atom is -0.497 e. The third kappa shape index (κ3) is 3.23. The third-order valence-corrected chi connectivity index (χ3v) is 3.24. The standard InChI is InChI=1S/C19H16O2/c1-20-18-8-5-9-19(14-18)21-17-12-10-16(11-13-17)15-6-3-2-4-7-15/h2-14H,1H3. The third-order valence-electron chi connectivity index (χ3n) is 3.24. The Hall–Kier alpha value is -2.74. The van der Waals surface area contributed by atoms with Crippen LogP contribution in [-0.4, -0.2) is 7.11 Å². The second-order valence-electron chi connectivity index (χ2n) is 4.67. The van der Waals surface area contributed by atoms with Gasteiger partial charge < -0.3 is 9.47 Å². The van der Waals surface area contributed by atoms with Crippen LogP contribution >= 0.6 is 0 Å². The summed E-state index contributed by atoms with van der Waals surface area (Å²) in [5, 5.41) is 0. The van der Waals surface area contributed by atoms with Gasteiger partial charge in [-0.2, -0.15) is 0 Å². The van der Waals surface area contributed by atoms with Crippen molar-refractivity contribution in [1.82, 2.24) is 0 Å². The molecule has 0 heterocycles. The minimum absolute atomic E-state index is 0.766. The summed E-state index contributed by atoms with van der Waals surface area (Å²) in [4.78, 5) is 0. The summed E-state index contributed by atoms with van der Waals surface area (Å²) in [6, 6.07) is 25.9. The molecule has 104 valence electrons. The Morgan fingerprint density at radius 2 is 1.24 bits per heavy atom. The first-order valence-corrected chi connectivity index (χ1v) is 6.82. The fourth-order valence-corrected chi connectivity index (χ4v) is 2.15. The van der Waals surface area contributed by atoms with Gasteiger partial charge in [-0.1, -0.05) is 48.5 Å². The highest BCUT2D eigenvalue weighted by molar-refractivity contribution is 5.64. The van der Waals surface area contributed by atoms with Crippen molar-refractivity contribution in [2.24, 2.45) is 0 Å². The molecular formula is C19H16O2. The van der Waals surface area contributed by atoms with Crippen molar-refractivity contribution in [3.05, 3.63) is 78.9 Å². The first-order valence-electron chi connectivity index (χ1n) is 6.82. The molecule has 0 saturated heterocycles. The molecule has 0 fully saturated rings. The Kier molecular flexibility index (Phi) is 3.88. The Morgan fingerprint density at radius 1 is 0.571 bits per heavy atom. The summed E-state index contributed by atoms with van der Waals surface area (Å²) in [6.45, 7) is 0. The van der Waals surface area contributed by atoms with Gasteiger partial charge in [-0.05, 0) is 35.4 Å². The van der Waals surface area contributed by atoms with Gasteiger partial charge >= 0.3 is 0 Å². The molecule has 0 aliphatic heterocycles. The lowest BCUT2D eigenvalue weighted by atomic mass is 10.1. The van der Waals surface area contributed by atoms with Crippen molar-refractivity contribution in [2.75, 3.05) is 7.11 Å². The zero-order valence-electron chi connectivity index (χ0n) is 11.8. The summed E-state index contributed by atoms with van der Waals surface area (Å²) in [6.07, 6.45) is 0. The summed E-state index contributed by atoms with van der Waals surface area (Å²) in [5.41, 5.74) is 2.37. The molecule has 0 atom stereocenters. The Bertz CT molecular complexity index is 703. The first-order chi connectivity index (χ1) is 10.3. The topological polar surface area (TPSA) is 18.5 Å². The van der Waals surface area contributed by atoms with Crippen molar-refractivity contribution < 1.29 is 9.47 Å². The molecule has 2 heteroatoms. The molecule has 21 heavy (non-hydrogen) atoms. The molecular weight excluding hydrogens is 260 g/mol. The summed E-state index contributed by atoms with van der Waals surface area (Å²) in [7, 11) is 1.65. The fraction of sp³-hybridized carbons (Fsp3) is 0.0526. The minimum atomic E-state index is 0.766. The van der Waals surface area contributed by atoms with E-state index < -0.39 is 0 Å². The highest BCUT2D eigenvalue weighted by atomic mass is 16.5. The fourth-order valence-electron chi connectivity index (χ4n) is 2.15. The molecule has 3 aromatic rings. The van der Waals surface area contributed by atoms with Crippen LogP contribution in [0.2, 0.25) is 0 Å². The van der Waals surface area contributed by atoms with Crippen molar-refractivity contribution in [2.45, 2.75) is 0 Å². The maximum atomic E-state index is 5.83. The van der Waals surface area contributed by atoms with Crippen molar-refractivity contribution in [3.63, 3.8) is 0 Å². The second kappa shape index (κ2) is 6.14. The molecule has 2 nitrogen and oxygen atoms in total. The van der Waals surface area contributed by atoms with Crippen LogP contribution in [0.25, 0.3) is 11.1 Å².